The third-order valence-corrected chi connectivity index (χ3v) is 4.26. The van der Waals surface area contributed by atoms with Crippen molar-refractivity contribution in [2.24, 2.45) is 0 Å². The molecule has 0 saturated carbocycles. The highest BCUT2D eigenvalue weighted by Gasteiger charge is 2.22. The summed E-state index contributed by atoms with van der Waals surface area (Å²) in [5.41, 5.74) is -0.457. The van der Waals surface area contributed by atoms with Gasteiger partial charge in [-0.2, -0.15) is 0 Å². The van der Waals surface area contributed by atoms with E-state index in [4.69, 9.17) is 27.0 Å². The molecule has 1 atom stereocenters. The van der Waals surface area contributed by atoms with Gasteiger partial charge in [0.25, 0.3) is 15.0 Å². The number of hydrogen-bond donors (Lipinski definition) is 1. The molecule has 1 unspecified atom stereocenters. The third-order valence-electron chi connectivity index (χ3n) is 2.48. The molecule has 0 aliphatic rings. The Morgan fingerprint density at radius 1 is 1.48 bits per heavy atom. The van der Waals surface area contributed by atoms with E-state index >= 15 is 0 Å². The minimum Gasteiger partial charge on any atom is -0.380 e. The van der Waals surface area contributed by atoms with E-state index in [0.717, 1.165) is 12.1 Å². The number of rotatable bonds is 6. The zero-order chi connectivity index (χ0) is 16.2. The molecule has 1 aromatic carbocycles. The lowest BCUT2D eigenvalue weighted by Crippen LogP contribution is -2.36. The molecule has 1 N–H and O–H groups in total. The van der Waals surface area contributed by atoms with Crippen LogP contribution < -0.4 is 5.32 Å². The number of benzene rings is 1. The molecule has 0 aliphatic heterocycles. The first-order valence-corrected chi connectivity index (χ1v) is 8.67. The highest BCUT2D eigenvalue weighted by atomic mass is 35.7. The number of carbonyl (C=O) groups excluding carboxylic acids is 1. The minimum atomic E-state index is -4.18. The highest BCUT2D eigenvalue weighted by molar-refractivity contribution is 8.13. The lowest BCUT2D eigenvalue weighted by Gasteiger charge is -2.14. The Labute approximate surface area is 131 Å². The van der Waals surface area contributed by atoms with Crippen LogP contribution in [0.1, 0.15) is 24.2 Å². The quantitative estimate of drug-likeness (QED) is 0.794. The number of amides is 1. The molecule has 0 radical (unpaired) electrons. The summed E-state index contributed by atoms with van der Waals surface area (Å²) >= 11 is 5.61. The zero-order valence-electron chi connectivity index (χ0n) is 11.3. The van der Waals surface area contributed by atoms with Crippen molar-refractivity contribution in [2.75, 3.05) is 13.2 Å². The molecule has 0 bridgehead atoms. The molecule has 0 aromatic heterocycles. The van der Waals surface area contributed by atoms with Gasteiger partial charge in [0.2, 0.25) is 0 Å². The van der Waals surface area contributed by atoms with E-state index < -0.39 is 31.2 Å². The number of nitrogens with one attached hydrogen (secondary N) is 1. The van der Waals surface area contributed by atoms with Gasteiger partial charge in [-0.05, 0) is 26.0 Å². The van der Waals surface area contributed by atoms with Crippen molar-refractivity contribution in [2.45, 2.75) is 24.8 Å². The van der Waals surface area contributed by atoms with Crippen molar-refractivity contribution in [1.82, 2.24) is 5.32 Å². The van der Waals surface area contributed by atoms with Gasteiger partial charge in [0.15, 0.2) is 0 Å². The van der Waals surface area contributed by atoms with Crippen LogP contribution in [0, 0.1) is 5.82 Å². The summed E-state index contributed by atoms with van der Waals surface area (Å²) in [6.45, 7) is 4.19. The van der Waals surface area contributed by atoms with Gasteiger partial charge in [0, 0.05) is 23.3 Å². The van der Waals surface area contributed by atoms with Crippen LogP contribution in [0.4, 0.5) is 4.39 Å². The van der Waals surface area contributed by atoms with Gasteiger partial charge >= 0.3 is 0 Å². The summed E-state index contributed by atoms with van der Waals surface area (Å²) in [5, 5.41) is 2.10. The third kappa shape index (κ3) is 5.10. The molecule has 21 heavy (non-hydrogen) atoms. The lowest BCUT2D eigenvalue weighted by atomic mass is 10.2. The van der Waals surface area contributed by atoms with E-state index in [1.807, 2.05) is 0 Å². The van der Waals surface area contributed by atoms with E-state index in [2.05, 4.69) is 5.32 Å². The van der Waals surface area contributed by atoms with Gasteiger partial charge in [-0.1, -0.05) is 11.6 Å². The Balaban J connectivity index is 3.05. The van der Waals surface area contributed by atoms with Gasteiger partial charge in [0.1, 0.15) is 10.7 Å². The number of ether oxygens (including phenoxy) is 1. The fourth-order valence-corrected chi connectivity index (χ4v) is 3.03. The molecule has 0 heterocycles. The SMILES string of the molecule is CCOCC(C)NC(=O)c1cc(S(=O)(=O)Cl)c(Cl)cc1F. The Hall–Kier alpha value is -0.890. The summed E-state index contributed by atoms with van der Waals surface area (Å²) in [7, 11) is 1.00. The number of carbonyl (C=O) groups is 1. The molecule has 1 aromatic rings. The maximum absolute atomic E-state index is 13.8. The van der Waals surface area contributed by atoms with E-state index in [9.17, 15) is 17.6 Å². The zero-order valence-corrected chi connectivity index (χ0v) is 13.6. The first-order chi connectivity index (χ1) is 9.66. The second-order valence-electron chi connectivity index (χ2n) is 4.23. The van der Waals surface area contributed by atoms with Gasteiger partial charge in [-0.3, -0.25) is 4.79 Å². The topological polar surface area (TPSA) is 72.5 Å². The molecular formula is C12H14Cl2FNO4S. The van der Waals surface area contributed by atoms with Crippen LogP contribution in [-0.4, -0.2) is 33.6 Å². The molecule has 0 fully saturated rings. The molecule has 118 valence electrons. The van der Waals surface area contributed by atoms with Crippen LogP contribution in [0.3, 0.4) is 0 Å². The maximum atomic E-state index is 13.8. The second kappa shape index (κ2) is 7.40. The summed E-state index contributed by atoms with van der Waals surface area (Å²) in [5.74, 6) is -1.72. The summed E-state index contributed by atoms with van der Waals surface area (Å²) < 4.78 is 41.5. The minimum absolute atomic E-state index is 0.248. The van der Waals surface area contributed by atoms with Gasteiger partial charge in [0.05, 0.1) is 17.2 Å². The monoisotopic (exact) mass is 357 g/mol. The standard InChI is InChI=1S/C12H14Cl2FNO4S/c1-3-20-6-7(2)16-12(17)8-4-11(21(14,18)19)9(13)5-10(8)15/h4-5,7H,3,6H2,1-2H3,(H,16,17). The van der Waals surface area contributed by atoms with Crippen LogP contribution in [0.5, 0.6) is 0 Å². The largest absolute Gasteiger partial charge is 0.380 e. The maximum Gasteiger partial charge on any atom is 0.262 e. The number of halogens is 3. The van der Waals surface area contributed by atoms with Crippen molar-refractivity contribution in [1.29, 1.82) is 0 Å². The predicted molar refractivity (Wildman–Crippen MR) is 77.9 cm³/mol. The molecule has 5 nitrogen and oxygen atoms in total. The molecule has 1 amide bonds. The average molecular weight is 358 g/mol. The van der Waals surface area contributed by atoms with Crippen LogP contribution >= 0.6 is 22.3 Å². The smallest absolute Gasteiger partial charge is 0.262 e. The van der Waals surface area contributed by atoms with Crippen molar-refractivity contribution in [3.8, 4) is 0 Å². The summed E-state index contributed by atoms with van der Waals surface area (Å²) in [4.78, 5) is 11.4. The fraction of sp³-hybridized carbons (Fsp3) is 0.417. The van der Waals surface area contributed by atoms with Crippen LogP contribution in [-0.2, 0) is 13.8 Å². The predicted octanol–water partition coefficient (Wildman–Crippen LogP) is 2.56. The van der Waals surface area contributed by atoms with Crippen LogP contribution in [0.25, 0.3) is 0 Å². The van der Waals surface area contributed by atoms with E-state index in [1.165, 1.54) is 0 Å². The van der Waals surface area contributed by atoms with Gasteiger partial charge in [-0.15, -0.1) is 0 Å². The van der Waals surface area contributed by atoms with Crippen molar-refractivity contribution < 1.29 is 22.3 Å². The van der Waals surface area contributed by atoms with Gasteiger partial charge in [-0.25, -0.2) is 12.8 Å². The fourth-order valence-electron chi connectivity index (χ4n) is 1.53. The molecule has 1 rings (SSSR count). The molecule has 0 aliphatic carbocycles. The number of hydrogen-bond acceptors (Lipinski definition) is 4. The molecular weight excluding hydrogens is 344 g/mol. The first kappa shape index (κ1) is 18.2. The van der Waals surface area contributed by atoms with Crippen molar-refractivity contribution in [3.63, 3.8) is 0 Å². The van der Waals surface area contributed by atoms with Crippen molar-refractivity contribution >= 4 is 37.2 Å². The van der Waals surface area contributed by atoms with E-state index in [1.54, 1.807) is 13.8 Å². The van der Waals surface area contributed by atoms with E-state index in [-0.39, 0.29) is 17.7 Å². The summed E-state index contributed by atoms with van der Waals surface area (Å²) in [6.07, 6.45) is 0. The molecule has 0 spiro atoms. The molecule has 0 saturated heterocycles. The molecule has 9 heteroatoms. The van der Waals surface area contributed by atoms with Crippen LogP contribution in [0.15, 0.2) is 17.0 Å². The Kier molecular flexibility index (Phi) is 6.40. The lowest BCUT2D eigenvalue weighted by molar-refractivity contribution is 0.0868. The van der Waals surface area contributed by atoms with Crippen LogP contribution in [0.2, 0.25) is 5.02 Å². The van der Waals surface area contributed by atoms with Crippen molar-refractivity contribution in [3.05, 3.63) is 28.5 Å². The second-order valence-corrected chi connectivity index (χ2v) is 7.18. The first-order valence-electron chi connectivity index (χ1n) is 5.99. The average Bonchev–Trinajstić information content (AvgIpc) is 2.34. The normalized spacial score (nSPS) is 13.0. The summed E-state index contributed by atoms with van der Waals surface area (Å²) in [6, 6.07) is 1.17. The highest BCUT2D eigenvalue weighted by Crippen LogP contribution is 2.27. The van der Waals surface area contributed by atoms with E-state index in [0.29, 0.717) is 6.61 Å². The Bertz CT molecular complexity index is 636. The Morgan fingerprint density at radius 2 is 2.10 bits per heavy atom. The van der Waals surface area contributed by atoms with Gasteiger partial charge < -0.3 is 10.1 Å². The Morgan fingerprint density at radius 3 is 2.62 bits per heavy atom.